The van der Waals surface area contributed by atoms with Crippen LogP contribution in [0.2, 0.25) is 0 Å². The van der Waals surface area contributed by atoms with Crippen molar-refractivity contribution in [3.8, 4) is 0 Å². The molecule has 0 aliphatic heterocycles. The van der Waals surface area contributed by atoms with E-state index in [9.17, 15) is 17.6 Å². The van der Waals surface area contributed by atoms with Crippen LogP contribution < -0.4 is 10.0 Å². The number of rotatable bonds is 7. The van der Waals surface area contributed by atoms with Crippen LogP contribution in [0.4, 0.5) is 4.39 Å². The molecular formula is C19H21FN2O3S. The molecule has 0 saturated heterocycles. The molecule has 0 heterocycles. The van der Waals surface area contributed by atoms with Gasteiger partial charge in [-0.2, -0.15) is 4.72 Å². The predicted octanol–water partition coefficient (Wildman–Crippen LogP) is 2.30. The van der Waals surface area contributed by atoms with E-state index in [1.54, 1.807) is 6.92 Å². The first-order chi connectivity index (χ1) is 12.3. The molecule has 1 unspecified atom stereocenters. The Morgan fingerprint density at radius 2 is 1.88 bits per heavy atom. The molecule has 1 aliphatic carbocycles. The topological polar surface area (TPSA) is 75.3 Å². The molecule has 1 saturated carbocycles. The van der Waals surface area contributed by atoms with Crippen LogP contribution in [0.3, 0.4) is 0 Å². The SMILES string of the molecule is Cc1ccc(F)cc1S(=O)(=O)NC(Cc1ccccc1)C(=O)NC1CC1. The Morgan fingerprint density at radius 3 is 2.54 bits per heavy atom. The third-order valence-electron chi connectivity index (χ3n) is 4.26. The number of aryl methyl sites for hydroxylation is 1. The van der Waals surface area contributed by atoms with E-state index in [0.717, 1.165) is 24.5 Å². The lowest BCUT2D eigenvalue weighted by Crippen LogP contribution is -2.48. The highest BCUT2D eigenvalue weighted by atomic mass is 32.2. The minimum atomic E-state index is -4.04. The first-order valence-corrected chi connectivity index (χ1v) is 9.96. The van der Waals surface area contributed by atoms with E-state index in [4.69, 9.17) is 0 Å². The van der Waals surface area contributed by atoms with Crippen molar-refractivity contribution in [1.82, 2.24) is 10.0 Å². The molecular weight excluding hydrogens is 355 g/mol. The van der Waals surface area contributed by atoms with Gasteiger partial charge in [0.05, 0.1) is 4.90 Å². The third-order valence-corrected chi connectivity index (χ3v) is 5.87. The Bertz CT molecular complexity index is 896. The molecule has 1 fully saturated rings. The van der Waals surface area contributed by atoms with Gasteiger partial charge in [-0.25, -0.2) is 12.8 Å². The number of benzene rings is 2. The van der Waals surface area contributed by atoms with Gasteiger partial charge in [-0.15, -0.1) is 0 Å². The minimum Gasteiger partial charge on any atom is -0.352 e. The van der Waals surface area contributed by atoms with Gasteiger partial charge in [-0.3, -0.25) is 4.79 Å². The summed E-state index contributed by atoms with van der Waals surface area (Å²) in [5.74, 6) is -1.01. The summed E-state index contributed by atoms with van der Waals surface area (Å²) in [6, 6.07) is 11.9. The van der Waals surface area contributed by atoms with Crippen LogP contribution in [-0.2, 0) is 21.2 Å². The fourth-order valence-corrected chi connectivity index (χ4v) is 4.13. The summed E-state index contributed by atoms with van der Waals surface area (Å²) < 4.78 is 41.5. The average Bonchev–Trinajstić information content (AvgIpc) is 3.41. The molecule has 5 nitrogen and oxygen atoms in total. The van der Waals surface area contributed by atoms with E-state index < -0.39 is 21.9 Å². The monoisotopic (exact) mass is 376 g/mol. The largest absolute Gasteiger partial charge is 0.352 e. The lowest BCUT2D eigenvalue weighted by Gasteiger charge is -2.19. The molecule has 0 radical (unpaired) electrons. The van der Waals surface area contributed by atoms with E-state index in [1.165, 1.54) is 12.1 Å². The maximum Gasteiger partial charge on any atom is 0.241 e. The smallest absolute Gasteiger partial charge is 0.241 e. The first-order valence-electron chi connectivity index (χ1n) is 8.48. The maximum atomic E-state index is 13.5. The van der Waals surface area contributed by atoms with Gasteiger partial charge in [0.15, 0.2) is 0 Å². The van der Waals surface area contributed by atoms with Crippen LogP contribution >= 0.6 is 0 Å². The number of halogens is 1. The Balaban J connectivity index is 1.85. The van der Waals surface area contributed by atoms with Gasteiger partial charge in [-0.1, -0.05) is 36.4 Å². The maximum absolute atomic E-state index is 13.5. The number of nitrogens with one attached hydrogen (secondary N) is 2. The van der Waals surface area contributed by atoms with Crippen molar-refractivity contribution >= 4 is 15.9 Å². The molecule has 0 aromatic heterocycles. The molecule has 2 N–H and O–H groups in total. The normalized spacial score (nSPS) is 15.5. The molecule has 1 amide bonds. The summed E-state index contributed by atoms with van der Waals surface area (Å²) in [4.78, 5) is 12.4. The van der Waals surface area contributed by atoms with E-state index in [-0.39, 0.29) is 23.3 Å². The van der Waals surface area contributed by atoms with Crippen LogP contribution in [0, 0.1) is 12.7 Å². The molecule has 138 valence electrons. The first kappa shape index (κ1) is 18.5. The van der Waals surface area contributed by atoms with Crippen molar-refractivity contribution in [3.05, 3.63) is 65.5 Å². The second-order valence-electron chi connectivity index (χ2n) is 6.56. The zero-order valence-corrected chi connectivity index (χ0v) is 15.2. The minimum absolute atomic E-state index is 0.112. The molecule has 0 spiro atoms. The van der Waals surface area contributed by atoms with Gasteiger partial charge in [0.1, 0.15) is 11.9 Å². The summed E-state index contributed by atoms with van der Waals surface area (Å²) >= 11 is 0. The van der Waals surface area contributed by atoms with Crippen molar-refractivity contribution < 1.29 is 17.6 Å². The average molecular weight is 376 g/mol. The van der Waals surface area contributed by atoms with E-state index >= 15 is 0 Å². The number of hydrogen-bond donors (Lipinski definition) is 2. The number of carbonyl (C=O) groups excluding carboxylic acids is 1. The van der Waals surface area contributed by atoms with Crippen LogP contribution in [0.15, 0.2) is 53.4 Å². The van der Waals surface area contributed by atoms with Gasteiger partial charge < -0.3 is 5.32 Å². The van der Waals surface area contributed by atoms with Crippen LogP contribution in [-0.4, -0.2) is 26.4 Å². The molecule has 1 aliphatic rings. The Morgan fingerprint density at radius 1 is 1.19 bits per heavy atom. The lowest BCUT2D eigenvalue weighted by molar-refractivity contribution is -0.122. The number of sulfonamides is 1. The van der Waals surface area contributed by atoms with Crippen LogP contribution in [0.25, 0.3) is 0 Å². The van der Waals surface area contributed by atoms with Gasteiger partial charge in [0, 0.05) is 6.04 Å². The van der Waals surface area contributed by atoms with Gasteiger partial charge in [-0.05, 0) is 49.4 Å². The molecule has 2 aromatic rings. The summed E-state index contributed by atoms with van der Waals surface area (Å²) in [5.41, 5.74) is 1.25. The highest BCUT2D eigenvalue weighted by Crippen LogP contribution is 2.20. The lowest BCUT2D eigenvalue weighted by atomic mass is 10.1. The van der Waals surface area contributed by atoms with Gasteiger partial charge in [0.25, 0.3) is 0 Å². The number of hydrogen-bond acceptors (Lipinski definition) is 3. The van der Waals surface area contributed by atoms with E-state index in [2.05, 4.69) is 10.0 Å². The van der Waals surface area contributed by atoms with E-state index in [1.807, 2.05) is 30.3 Å². The fraction of sp³-hybridized carbons (Fsp3) is 0.316. The number of carbonyl (C=O) groups is 1. The molecule has 2 aromatic carbocycles. The summed E-state index contributed by atoms with van der Waals surface area (Å²) in [7, 11) is -4.04. The standard InChI is InChI=1S/C19H21FN2O3S/c1-13-7-8-15(20)12-18(13)26(24,25)22-17(19(23)21-16-9-10-16)11-14-5-3-2-4-6-14/h2-8,12,16-17,22H,9-11H2,1H3,(H,21,23). The van der Waals surface area contributed by atoms with Gasteiger partial charge in [0.2, 0.25) is 15.9 Å². The zero-order chi connectivity index (χ0) is 18.7. The third kappa shape index (κ3) is 4.68. The number of amides is 1. The Kier molecular flexibility index (Phi) is 5.38. The molecule has 1 atom stereocenters. The van der Waals surface area contributed by atoms with Crippen molar-refractivity contribution in [2.45, 2.75) is 43.2 Å². The fourth-order valence-electron chi connectivity index (χ4n) is 2.68. The summed E-state index contributed by atoms with van der Waals surface area (Å²) in [6.45, 7) is 1.59. The second kappa shape index (κ2) is 7.55. The summed E-state index contributed by atoms with van der Waals surface area (Å²) in [5, 5.41) is 2.83. The van der Waals surface area contributed by atoms with Crippen molar-refractivity contribution in [2.24, 2.45) is 0 Å². The van der Waals surface area contributed by atoms with Crippen LogP contribution in [0.5, 0.6) is 0 Å². The zero-order valence-electron chi connectivity index (χ0n) is 14.4. The quantitative estimate of drug-likeness (QED) is 0.779. The predicted molar refractivity (Wildman–Crippen MR) is 96.6 cm³/mol. The molecule has 0 bridgehead atoms. The summed E-state index contributed by atoms with van der Waals surface area (Å²) in [6.07, 6.45) is 2.02. The molecule has 26 heavy (non-hydrogen) atoms. The molecule has 7 heteroatoms. The van der Waals surface area contributed by atoms with Crippen molar-refractivity contribution in [1.29, 1.82) is 0 Å². The highest BCUT2D eigenvalue weighted by Gasteiger charge is 2.31. The second-order valence-corrected chi connectivity index (χ2v) is 8.24. The van der Waals surface area contributed by atoms with Gasteiger partial charge >= 0.3 is 0 Å². The van der Waals surface area contributed by atoms with Crippen molar-refractivity contribution in [2.75, 3.05) is 0 Å². The van der Waals surface area contributed by atoms with E-state index in [0.29, 0.717) is 5.56 Å². The Hall–Kier alpha value is -2.25. The molecule has 3 rings (SSSR count). The Labute approximate surface area is 152 Å². The van der Waals surface area contributed by atoms with Crippen molar-refractivity contribution in [3.63, 3.8) is 0 Å². The van der Waals surface area contributed by atoms with Crippen LogP contribution in [0.1, 0.15) is 24.0 Å². The highest BCUT2D eigenvalue weighted by molar-refractivity contribution is 7.89.